The quantitative estimate of drug-likeness (QED) is 0.488. The highest BCUT2D eigenvalue weighted by atomic mass is 35.5. The van der Waals surface area contributed by atoms with Crippen LogP contribution in [0.2, 0.25) is 5.02 Å². The number of carbonyl (C=O) groups excluding carboxylic acids is 1. The van der Waals surface area contributed by atoms with Crippen molar-refractivity contribution >= 4 is 23.6 Å². The number of methoxy groups -OCH3 is 2. The largest absolute Gasteiger partial charge is 0.497 e. The summed E-state index contributed by atoms with van der Waals surface area (Å²) < 4.78 is 16.0. The van der Waals surface area contributed by atoms with E-state index < -0.39 is 0 Å². The van der Waals surface area contributed by atoms with Gasteiger partial charge in [0.1, 0.15) is 11.5 Å². The van der Waals surface area contributed by atoms with Crippen molar-refractivity contribution in [3.05, 3.63) is 65.0 Å². The van der Waals surface area contributed by atoms with Gasteiger partial charge in [-0.05, 0) is 48.5 Å². The molecule has 0 unspecified atom stereocenters. The van der Waals surface area contributed by atoms with Gasteiger partial charge in [-0.15, -0.1) is 0 Å². The topological polar surface area (TPSA) is 80.9 Å². The monoisotopic (exact) mass is 468 g/mol. The summed E-state index contributed by atoms with van der Waals surface area (Å²) in [6, 6.07) is 12.8. The number of ether oxygens (including phenoxy) is 2. The third kappa shape index (κ3) is 5.71. The summed E-state index contributed by atoms with van der Waals surface area (Å²) in [4.78, 5) is 21.2. The maximum Gasteiger partial charge on any atom is 0.246 e. The SMILES string of the molecule is COc1ccc(OC)c(/C=C/C(=O)N2CCN(Cc3nc(-c4ccc(Cl)cc4)no3)CC2)c1. The van der Waals surface area contributed by atoms with E-state index in [2.05, 4.69) is 15.0 Å². The van der Waals surface area contributed by atoms with Crippen LogP contribution in [0.5, 0.6) is 11.5 Å². The molecule has 1 fully saturated rings. The number of nitrogens with zero attached hydrogens (tertiary/aromatic N) is 4. The first-order chi connectivity index (χ1) is 16.1. The van der Waals surface area contributed by atoms with E-state index in [9.17, 15) is 4.79 Å². The molecule has 3 aromatic rings. The van der Waals surface area contributed by atoms with Gasteiger partial charge in [0, 0.05) is 48.4 Å². The molecule has 0 atom stereocenters. The van der Waals surface area contributed by atoms with Crippen molar-refractivity contribution in [2.45, 2.75) is 6.54 Å². The molecule has 1 amide bonds. The molecule has 8 nitrogen and oxygen atoms in total. The summed E-state index contributed by atoms with van der Waals surface area (Å²) >= 11 is 5.93. The highest BCUT2D eigenvalue weighted by Gasteiger charge is 2.21. The van der Waals surface area contributed by atoms with Gasteiger partial charge in [0.2, 0.25) is 17.6 Å². The fourth-order valence-electron chi connectivity index (χ4n) is 3.59. The Balaban J connectivity index is 1.30. The molecule has 1 saturated heterocycles. The van der Waals surface area contributed by atoms with Gasteiger partial charge in [-0.1, -0.05) is 16.8 Å². The predicted molar refractivity (Wildman–Crippen MR) is 125 cm³/mol. The number of piperazine rings is 1. The van der Waals surface area contributed by atoms with E-state index in [0.717, 1.165) is 24.2 Å². The Hall–Kier alpha value is -3.36. The molecule has 0 aliphatic carbocycles. The number of hydrogen-bond donors (Lipinski definition) is 0. The normalized spacial score (nSPS) is 14.6. The fourth-order valence-corrected chi connectivity index (χ4v) is 3.72. The van der Waals surface area contributed by atoms with E-state index in [1.165, 1.54) is 0 Å². The fraction of sp³-hybridized carbons (Fsp3) is 0.292. The molecular formula is C24H25ClN4O4. The Morgan fingerprint density at radius 1 is 1.09 bits per heavy atom. The van der Waals surface area contributed by atoms with Gasteiger partial charge in [0.05, 0.1) is 20.8 Å². The molecule has 1 aliphatic heterocycles. The Labute approximate surface area is 197 Å². The van der Waals surface area contributed by atoms with Gasteiger partial charge >= 0.3 is 0 Å². The lowest BCUT2D eigenvalue weighted by molar-refractivity contribution is -0.127. The van der Waals surface area contributed by atoms with Crippen LogP contribution in [0.4, 0.5) is 0 Å². The third-order valence-electron chi connectivity index (χ3n) is 5.46. The number of rotatable bonds is 7. The van der Waals surface area contributed by atoms with Gasteiger partial charge in [0.25, 0.3) is 0 Å². The zero-order valence-corrected chi connectivity index (χ0v) is 19.3. The maximum absolute atomic E-state index is 12.7. The van der Waals surface area contributed by atoms with E-state index in [1.807, 2.05) is 35.2 Å². The molecule has 0 spiro atoms. The van der Waals surface area contributed by atoms with Gasteiger partial charge in [-0.2, -0.15) is 4.98 Å². The molecule has 0 bridgehead atoms. The maximum atomic E-state index is 12.7. The molecule has 9 heteroatoms. The lowest BCUT2D eigenvalue weighted by atomic mass is 10.1. The lowest BCUT2D eigenvalue weighted by Crippen LogP contribution is -2.47. The van der Waals surface area contributed by atoms with E-state index in [4.69, 9.17) is 25.6 Å². The second kappa shape index (κ2) is 10.5. The molecular weight excluding hydrogens is 444 g/mol. The van der Waals surface area contributed by atoms with Gasteiger partial charge in [0.15, 0.2) is 0 Å². The minimum atomic E-state index is -0.0395. The van der Waals surface area contributed by atoms with E-state index in [1.54, 1.807) is 38.5 Å². The van der Waals surface area contributed by atoms with Gasteiger partial charge in [-0.25, -0.2) is 0 Å². The third-order valence-corrected chi connectivity index (χ3v) is 5.71. The standard InChI is InChI=1S/C24H25ClN4O4/c1-31-20-8-9-21(32-2)18(15-20)5-10-23(30)29-13-11-28(12-14-29)16-22-26-24(27-33-22)17-3-6-19(25)7-4-17/h3-10,15H,11-14,16H2,1-2H3/b10-5+. The van der Waals surface area contributed by atoms with Crippen LogP contribution in [-0.4, -0.2) is 66.2 Å². The van der Waals surface area contributed by atoms with Crippen LogP contribution in [0.15, 0.2) is 53.1 Å². The second-order valence-electron chi connectivity index (χ2n) is 7.56. The highest BCUT2D eigenvalue weighted by molar-refractivity contribution is 6.30. The van der Waals surface area contributed by atoms with Crippen LogP contribution >= 0.6 is 11.6 Å². The lowest BCUT2D eigenvalue weighted by Gasteiger charge is -2.33. The van der Waals surface area contributed by atoms with Crippen molar-refractivity contribution in [1.82, 2.24) is 19.9 Å². The Morgan fingerprint density at radius 3 is 2.55 bits per heavy atom. The minimum Gasteiger partial charge on any atom is -0.497 e. The van der Waals surface area contributed by atoms with Crippen molar-refractivity contribution < 1.29 is 18.8 Å². The number of carbonyl (C=O) groups is 1. The Bertz CT molecular complexity index is 1120. The molecule has 0 saturated carbocycles. The summed E-state index contributed by atoms with van der Waals surface area (Å²) in [6.45, 7) is 3.23. The first-order valence-corrected chi connectivity index (χ1v) is 10.9. The van der Waals surface area contributed by atoms with Crippen LogP contribution in [-0.2, 0) is 11.3 Å². The van der Waals surface area contributed by atoms with Crippen molar-refractivity contribution in [3.63, 3.8) is 0 Å². The van der Waals surface area contributed by atoms with Crippen molar-refractivity contribution in [1.29, 1.82) is 0 Å². The number of amides is 1. The van der Waals surface area contributed by atoms with E-state index in [0.29, 0.717) is 47.9 Å². The van der Waals surface area contributed by atoms with E-state index >= 15 is 0 Å². The number of halogens is 1. The van der Waals surface area contributed by atoms with Crippen LogP contribution in [0, 0.1) is 0 Å². The van der Waals surface area contributed by atoms with Crippen molar-refractivity contribution in [2.24, 2.45) is 0 Å². The summed E-state index contributed by atoms with van der Waals surface area (Å²) in [7, 11) is 3.20. The molecule has 2 aromatic carbocycles. The number of benzene rings is 2. The Kier molecular flexibility index (Phi) is 7.26. The molecule has 4 rings (SSSR count). The molecule has 172 valence electrons. The first-order valence-electron chi connectivity index (χ1n) is 10.6. The summed E-state index contributed by atoms with van der Waals surface area (Å²) in [5.41, 5.74) is 1.64. The van der Waals surface area contributed by atoms with Crippen LogP contribution in [0.25, 0.3) is 17.5 Å². The average Bonchev–Trinajstić information content (AvgIpc) is 3.31. The molecule has 0 N–H and O–H groups in total. The summed E-state index contributed by atoms with van der Waals surface area (Å²) in [6.07, 6.45) is 3.33. The number of aromatic nitrogens is 2. The average molecular weight is 469 g/mol. The smallest absolute Gasteiger partial charge is 0.246 e. The molecule has 0 radical (unpaired) electrons. The first kappa shape index (κ1) is 22.8. The van der Waals surface area contributed by atoms with Crippen LogP contribution in [0.3, 0.4) is 0 Å². The molecule has 1 aromatic heterocycles. The van der Waals surface area contributed by atoms with E-state index in [-0.39, 0.29) is 5.91 Å². The van der Waals surface area contributed by atoms with Crippen molar-refractivity contribution in [2.75, 3.05) is 40.4 Å². The van der Waals surface area contributed by atoms with Gasteiger partial charge in [-0.3, -0.25) is 9.69 Å². The Morgan fingerprint density at radius 2 is 1.85 bits per heavy atom. The number of hydrogen-bond acceptors (Lipinski definition) is 7. The minimum absolute atomic E-state index is 0.0395. The second-order valence-corrected chi connectivity index (χ2v) is 8.00. The van der Waals surface area contributed by atoms with Crippen LogP contribution in [0.1, 0.15) is 11.5 Å². The zero-order valence-electron chi connectivity index (χ0n) is 18.5. The summed E-state index contributed by atoms with van der Waals surface area (Å²) in [5.74, 6) is 2.43. The molecule has 33 heavy (non-hydrogen) atoms. The zero-order chi connectivity index (χ0) is 23.2. The highest BCUT2D eigenvalue weighted by Crippen LogP contribution is 2.25. The predicted octanol–water partition coefficient (Wildman–Crippen LogP) is 3.76. The van der Waals surface area contributed by atoms with Gasteiger partial charge < -0.3 is 18.9 Å². The summed E-state index contributed by atoms with van der Waals surface area (Å²) in [5, 5.41) is 4.72. The molecule has 2 heterocycles. The molecule has 1 aliphatic rings. The van der Waals surface area contributed by atoms with Crippen molar-refractivity contribution in [3.8, 4) is 22.9 Å². The van der Waals surface area contributed by atoms with Crippen LogP contribution < -0.4 is 9.47 Å².